The van der Waals surface area contributed by atoms with Crippen molar-refractivity contribution in [3.63, 3.8) is 0 Å². The lowest BCUT2D eigenvalue weighted by Crippen LogP contribution is -2.33. The highest BCUT2D eigenvalue weighted by molar-refractivity contribution is 8.18. The number of benzene rings is 2. The number of hydrogen-bond acceptors (Lipinski definition) is 6. The number of ketones is 1. The van der Waals surface area contributed by atoms with Crippen LogP contribution in [0.15, 0.2) is 65.7 Å². The van der Waals surface area contributed by atoms with Crippen molar-refractivity contribution in [2.75, 3.05) is 26.8 Å². The second-order valence-electron chi connectivity index (χ2n) is 7.98. The van der Waals surface area contributed by atoms with Crippen LogP contribution >= 0.6 is 11.8 Å². The average molecular weight is 492 g/mol. The predicted molar refractivity (Wildman–Crippen MR) is 135 cm³/mol. The van der Waals surface area contributed by atoms with Gasteiger partial charge in [0.1, 0.15) is 6.54 Å². The number of fused-ring (bicyclic) bond motifs is 1. The average Bonchev–Trinajstić information content (AvgIpc) is 3.34. The van der Waals surface area contributed by atoms with Crippen molar-refractivity contribution in [3.05, 3.63) is 76.8 Å². The normalized spacial score (nSPS) is 14.8. The molecule has 0 aliphatic carbocycles. The Labute approximate surface area is 206 Å². The number of carbonyl (C=O) groups excluding carboxylic acids is 4. The fourth-order valence-electron chi connectivity index (χ4n) is 3.81. The van der Waals surface area contributed by atoms with E-state index in [0.717, 1.165) is 34.0 Å². The summed E-state index contributed by atoms with van der Waals surface area (Å²) in [5.41, 5.74) is 2.00. The van der Waals surface area contributed by atoms with Crippen molar-refractivity contribution < 1.29 is 23.9 Å². The maximum Gasteiger partial charge on any atom is 0.293 e. The lowest BCUT2D eigenvalue weighted by molar-refractivity contribution is -0.122. The largest absolute Gasteiger partial charge is 0.385 e. The SMILES string of the molecule is COCCCNC(=O)Cn1cc(/C=C2\SC(=O)N(CC(=O)c3ccccc3)C2=O)c2ccccc21. The summed E-state index contributed by atoms with van der Waals surface area (Å²) >= 11 is 0.807. The van der Waals surface area contributed by atoms with E-state index < -0.39 is 11.1 Å². The van der Waals surface area contributed by atoms with Crippen LogP contribution in [0.5, 0.6) is 0 Å². The van der Waals surface area contributed by atoms with Crippen LogP contribution in [0.2, 0.25) is 0 Å². The molecule has 0 unspecified atom stereocenters. The fraction of sp³-hybridized carbons (Fsp3) is 0.231. The first-order chi connectivity index (χ1) is 17.0. The van der Waals surface area contributed by atoms with Gasteiger partial charge in [-0.25, -0.2) is 0 Å². The molecule has 1 fully saturated rings. The Morgan fingerprint density at radius 2 is 1.77 bits per heavy atom. The van der Waals surface area contributed by atoms with Gasteiger partial charge in [-0.05, 0) is 30.3 Å². The molecule has 0 radical (unpaired) electrons. The van der Waals surface area contributed by atoms with Gasteiger partial charge in [-0.2, -0.15) is 0 Å². The predicted octanol–water partition coefficient (Wildman–Crippen LogP) is 3.71. The standard InChI is InChI=1S/C26H25N3O5S/c1-34-13-7-12-27-24(31)17-28-15-19(20-10-5-6-11-21(20)28)14-23-25(32)29(26(33)35-23)16-22(30)18-8-3-2-4-9-18/h2-6,8-11,14-15H,7,12-13,16-17H2,1H3,(H,27,31)/b23-14-. The number of rotatable bonds is 10. The van der Waals surface area contributed by atoms with Crippen molar-refractivity contribution >= 4 is 51.6 Å². The molecular weight excluding hydrogens is 466 g/mol. The van der Waals surface area contributed by atoms with Gasteiger partial charge in [0, 0.05) is 48.5 Å². The van der Waals surface area contributed by atoms with Crippen LogP contribution in [0.1, 0.15) is 22.3 Å². The number of nitrogens with zero attached hydrogens (tertiary/aromatic N) is 2. The molecule has 2 heterocycles. The van der Waals surface area contributed by atoms with E-state index in [1.165, 1.54) is 0 Å². The zero-order valence-electron chi connectivity index (χ0n) is 19.2. The van der Waals surface area contributed by atoms with Crippen LogP contribution in [0.25, 0.3) is 17.0 Å². The molecule has 3 aromatic rings. The summed E-state index contributed by atoms with van der Waals surface area (Å²) in [6.45, 7) is 0.905. The van der Waals surface area contributed by atoms with Gasteiger partial charge in [-0.15, -0.1) is 0 Å². The number of aromatic nitrogens is 1. The van der Waals surface area contributed by atoms with Crippen molar-refractivity contribution in [1.29, 1.82) is 0 Å². The first kappa shape index (κ1) is 24.4. The molecule has 4 rings (SSSR count). The molecule has 3 amide bonds. The number of hydrogen-bond donors (Lipinski definition) is 1. The highest BCUT2D eigenvalue weighted by Crippen LogP contribution is 2.34. The molecule has 2 aromatic carbocycles. The van der Waals surface area contributed by atoms with Gasteiger partial charge < -0.3 is 14.6 Å². The summed E-state index contributed by atoms with van der Waals surface area (Å²) in [4.78, 5) is 51.6. The zero-order valence-corrected chi connectivity index (χ0v) is 20.0. The highest BCUT2D eigenvalue weighted by Gasteiger charge is 2.36. The molecule has 1 aromatic heterocycles. The molecule has 35 heavy (non-hydrogen) atoms. The van der Waals surface area contributed by atoms with Gasteiger partial charge in [-0.3, -0.25) is 24.1 Å². The second-order valence-corrected chi connectivity index (χ2v) is 8.98. The summed E-state index contributed by atoms with van der Waals surface area (Å²) in [7, 11) is 1.62. The van der Waals surface area contributed by atoms with E-state index in [4.69, 9.17) is 4.74 Å². The molecule has 0 bridgehead atoms. The third-order valence-electron chi connectivity index (χ3n) is 5.54. The van der Waals surface area contributed by atoms with Crippen molar-refractivity contribution in [2.24, 2.45) is 0 Å². The van der Waals surface area contributed by atoms with E-state index in [2.05, 4.69) is 5.32 Å². The molecule has 1 saturated heterocycles. The molecule has 180 valence electrons. The van der Waals surface area contributed by atoms with E-state index in [9.17, 15) is 19.2 Å². The molecule has 1 aliphatic heterocycles. The maximum atomic E-state index is 13.0. The highest BCUT2D eigenvalue weighted by atomic mass is 32.2. The molecule has 1 N–H and O–H groups in total. The molecule has 0 saturated carbocycles. The minimum Gasteiger partial charge on any atom is -0.385 e. The van der Waals surface area contributed by atoms with Crippen LogP contribution in [-0.4, -0.2) is 59.1 Å². The van der Waals surface area contributed by atoms with Gasteiger partial charge in [0.15, 0.2) is 5.78 Å². The molecule has 0 atom stereocenters. The van der Waals surface area contributed by atoms with Gasteiger partial charge >= 0.3 is 0 Å². The lowest BCUT2D eigenvalue weighted by Gasteiger charge is -2.11. The molecule has 1 aliphatic rings. The smallest absolute Gasteiger partial charge is 0.293 e. The fourth-order valence-corrected chi connectivity index (χ4v) is 4.64. The van der Waals surface area contributed by atoms with Crippen LogP contribution < -0.4 is 5.32 Å². The Morgan fingerprint density at radius 1 is 1.03 bits per heavy atom. The number of imide groups is 1. The van der Waals surface area contributed by atoms with Crippen LogP contribution in [0.4, 0.5) is 4.79 Å². The number of para-hydroxylation sites is 1. The Balaban J connectivity index is 1.52. The van der Waals surface area contributed by atoms with Crippen molar-refractivity contribution in [3.8, 4) is 0 Å². The molecule has 8 nitrogen and oxygen atoms in total. The molecule has 0 spiro atoms. The van der Waals surface area contributed by atoms with Crippen molar-refractivity contribution in [2.45, 2.75) is 13.0 Å². The Bertz CT molecular complexity index is 1300. The van der Waals surface area contributed by atoms with Crippen LogP contribution in [0.3, 0.4) is 0 Å². The van der Waals surface area contributed by atoms with Gasteiger partial charge in [0.2, 0.25) is 5.91 Å². The number of thioether (sulfide) groups is 1. The van der Waals surface area contributed by atoms with E-state index in [-0.39, 0.29) is 29.7 Å². The van der Waals surface area contributed by atoms with Gasteiger partial charge in [0.25, 0.3) is 11.1 Å². The number of carbonyl (C=O) groups is 4. The Kier molecular flexibility index (Phi) is 7.79. The molecular formula is C26H25N3O5S. The summed E-state index contributed by atoms with van der Waals surface area (Å²) in [5, 5.41) is 3.24. The zero-order chi connectivity index (χ0) is 24.8. The summed E-state index contributed by atoms with van der Waals surface area (Å²) in [5.74, 6) is -0.938. The summed E-state index contributed by atoms with van der Waals surface area (Å²) in [6.07, 6.45) is 4.17. The third kappa shape index (κ3) is 5.70. The number of amides is 3. The lowest BCUT2D eigenvalue weighted by atomic mass is 10.1. The Morgan fingerprint density at radius 3 is 2.54 bits per heavy atom. The number of nitrogens with one attached hydrogen (secondary N) is 1. The van der Waals surface area contributed by atoms with Gasteiger partial charge in [-0.1, -0.05) is 48.5 Å². The van der Waals surface area contributed by atoms with E-state index >= 15 is 0 Å². The Hall–Kier alpha value is -3.69. The minimum absolute atomic E-state index is 0.119. The molecule has 9 heteroatoms. The minimum atomic E-state index is -0.503. The quantitative estimate of drug-likeness (QED) is 0.264. The van der Waals surface area contributed by atoms with E-state index in [1.807, 2.05) is 28.8 Å². The first-order valence-electron chi connectivity index (χ1n) is 11.1. The first-order valence-corrected chi connectivity index (χ1v) is 12.0. The summed E-state index contributed by atoms with van der Waals surface area (Å²) < 4.78 is 6.81. The van der Waals surface area contributed by atoms with Gasteiger partial charge in [0.05, 0.1) is 11.4 Å². The van der Waals surface area contributed by atoms with E-state index in [1.54, 1.807) is 49.7 Å². The maximum absolute atomic E-state index is 13.0. The second kappa shape index (κ2) is 11.2. The number of methoxy groups -OCH3 is 1. The van der Waals surface area contributed by atoms with Crippen molar-refractivity contribution in [1.82, 2.24) is 14.8 Å². The number of ether oxygens (including phenoxy) is 1. The number of Topliss-reactive ketones (excluding diaryl/α,β-unsaturated/α-hetero) is 1. The van der Waals surface area contributed by atoms with E-state index in [0.29, 0.717) is 24.3 Å². The summed E-state index contributed by atoms with van der Waals surface area (Å²) in [6, 6.07) is 16.1. The van der Waals surface area contributed by atoms with Crippen LogP contribution in [-0.2, 0) is 20.9 Å². The third-order valence-corrected chi connectivity index (χ3v) is 6.45. The topological polar surface area (TPSA) is 97.7 Å². The monoisotopic (exact) mass is 491 g/mol. The van der Waals surface area contributed by atoms with Crippen LogP contribution in [0, 0.1) is 0 Å².